The van der Waals surface area contributed by atoms with Crippen LogP contribution in [0.3, 0.4) is 0 Å². The normalized spacial score (nSPS) is 24.7. The molecule has 1 heterocycles. The fourth-order valence-corrected chi connectivity index (χ4v) is 1.18. The Hall–Kier alpha value is -0.810. The molecule has 0 bridgehead atoms. The van der Waals surface area contributed by atoms with Crippen LogP contribution in [0.4, 0.5) is 0 Å². The van der Waals surface area contributed by atoms with Gasteiger partial charge in [0.25, 0.3) is 0 Å². The number of amidine groups is 1. The van der Waals surface area contributed by atoms with E-state index in [9.17, 15) is 0 Å². The first-order valence-electron chi connectivity index (χ1n) is 4.08. The van der Waals surface area contributed by atoms with Crippen LogP contribution in [-0.2, 0) is 4.74 Å². The van der Waals surface area contributed by atoms with Crippen molar-refractivity contribution >= 4 is 5.84 Å². The van der Waals surface area contributed by atoms with E-state index in [4.69, 9.17) is 15.7 Å². The number of nitrogens with zero attached hydrogens (tertiary/aromatic N) is 1. The van der Waals surface area contributed by atoms with Crippen LogP contribution in [0.5, 0.6) is 0 Å². The van der Waals surface area contributed by atoms with Gasteiger partial charge < -0.3 is 21.0 Å². The van der Waals surface area contributed by atoms with Gasteiger partial charge in [-0.2, -0.15) is 0 Å². The topological polar surface area (TPSA) is 79.9 Å². The fourth-order valence-electron chi connectivity index (χ4n) is 1.18. The average Bonchev–Trinajstić information content (AvgIpc) is 2.57. The molecule has 1 saturated heterocycles. The number of rotatable bonds is 4. The Balaban J connectivity index is 2.01. The Morgan fingerprint density at radius 3 is 3.17 bits per heavy atom. The molecule has 0 aromatic rings. The van der Waals surface area contributed by atoms with Gasteiger partial charge in [0.15, 0.2) is 5.84 Å². The molecule has 5 heteroatoms. The second kappa shape index (κ2) is 4.95. The van der Waals surface area contributed by atoms with Gasteiger partial charge in [-0.25, -0.2) is 0 Å². The molecule has 5 nitrogen and oxygen atoms in total. The molecule has 0 radical (unpaired) electrons. The van der Waals surface area contributed by atoms with Gasteiger partial charge in [-0.3, -0.25) is 0 Å². The van der Waals surface area contributed by atoms with E-state index in [0.717, 1.165) is 26.2 Å². The molecule has 0 aromatic carbocycles. The van der Waals surface area contributed by atoms with Crippen LogP contribution < -0.4 is 11.1 Å². The lowest BCUT2D eigenvalue weighted by atomic mass is 10.1. The maximum absolute atomic E-state index is 8.23. The van der Waals surface area contributed by atoms with Crippen LogP contribution in [-0.4, -0.2) is 37.3 Å². The molecule has 1 unspecified atom stereocenters. The molecule has 0 saturated carbocycles. The number of oxime groups is 1. The summed E-state index contributed by atoms with van der Waals surface area (Å²) in [4.78, 5) is 0. The summed E-state index contributed by atoms with van der Waals surface area (Å²) in [6, 6.07) is 0. The van der Waals surface area contributed by atoms with Crippen molar-refractivity contribution in [2.24, 2.45) is 16.8 Å². The third-order valence-corrected chi connectivity index (χ3v) is 1.89. The van der Waals surface area contributed by atoms with E-state index in [-0.39, 0.29) is 5.84 Å². The highest BCUT2D eigenvalue weighted by Crippen LogP contribution is 2.10. The number of hydrogen-bond acceptors (Lipinski definition) is 4. The molecule has 70 valence electrons. The molecule has 1 aliphatic heterocycles. The van der Waals surface area contributed by atoms with Crippen LogP contribution >= 0.6 is 0 Å². The third-order valence-electron chi connectivity index (χ3n) is 1.89. The molecule has 0 aromatic heterocycles. The molecule has 1 aliphatic rings. The molecule has 12 heavy (non-hydrogen) atoms. The lowest BCUT2D eigenvalue weighted by Gasteiger charge is -2.07. The summed E-state index contributed by atoms with van der Waals surface area (Å²) in [5.41, 5.74) is 5.26. The van der Waals surface area contributed by atoms with Crippen LogP contribution in [0, 0.1) is 5.92 Å². The molecule has 1 rings (SSSR count). The first-order valence-corrected chi connectivity index (χ1v) is 4.08. The second-order valence-corrected chi connectivity index (χ2v) is 2.95. The van der Waals surface area contributed by atoms with Crippen molar-refractivity contribution in [3.05, 3.63) is 0 Å². The Labute approximate surface area is 71.6 Å². The SMILES string of the molecule is NC(CNCC1CCOC1)=NO. The number of ether oxygens (including phenoxy) is 1. The summed E-state index contributed by atoms with van der Waals surface area (Å²) < 4.78 is 5.19. The summed E-state index contributed by atoms with van der Waals surface area (Å²) in [6.07, 6.45) is 1.10. The van der Waals surface area contributed by atoms with E-state index < -0.39 is 0 Å². The summed E-state index contributed by atoms with van der Waals surface area (Å²) in [7, 11) is 0. The first kappa shape index (κ1) is 9.28. The van der Waals surface area contributed by atoms with Crippen LogP contribution in [0.25, 0.3) is 0 Å². The molecular weight excluding hydrogens is 158 g/mol. The third kappa shape index (κ3) is 3.06. The van der Waals surface area contributed by atoms with E-state index in [1.165, 1.54) is 0 Å². The Kier molecular flexibility index (Phi) is 3.83. The van der Waals surface area contributed by atoms with Gasteiger partial charge in [0.1, 0.15) is 0 Å². The Bertz CT molecular complexity index is 155. The fraction of sp³-hybridized carbons (Fsp3) is 0.857. The minimum atomic E-state index is 0.217. The van der Waals surface area contributed by atoms with E-state index in [1.54, 1.807) is 0 Å². The standard InChI is InChI=1S/C7H15N3O2/c8-7(10-11)4-9-3-6-1-2-12-5-6/h6,9,11H,1-5H2,(H2,8,10). The molecule has 1 fully saturated rings. The molecular formula is C7H15N3O2. The van der Waals surface area contributed by atoms with Crippen LogP contribution in [0.2, 0.25) is 0 Å². The van der Waals surface area contributed by atoms with Gasteiger partial charge in [0.2, 0.25) is 0 Å². The maximum atomic E-state index is 8.23. The molecule has 0 aliphatic carbocycles. The highest BCUT2D eigenvalue weighted by Gasteiger charge is 2.14. The summed E-state index contributed by atoms with van der Waals surface area (Å²) >= 11 is 0. The zero-order chi connectivity index (χ0) is 8.81. The predicted molar refractivity (Wildman–Crippen MR) is 45.2 cm³/mol. The Morgan fingerprint density at radius 1 is 1.75 bits per heavy atom. The van der Waals surface area contributed by atoms with Crippen molar-refractivity contribution in [1.82, 2.24) is 5.32 Å². The maximum Gasteiger partial charge on any atom is 0.153 e. The zero-order valence-corrected chi connectivity index (χ0v) is 6.99. The summed E-state index contributed by atoms with van der Waals surface area (Å²) in [6.45, 7) is 2.99. The minimum Gasteiger partial charge on any atom is -0.409 e. The largest absolute Gasteiger partial charge is 0.409 e. The van der Waals surface area contributed by atoms with Gasteiger partial charge >= 0.3 is 0 Å². The Morgan fingerprint density at radius 2 is 2.58 bits per heavy atom. The quantitative estimate of drug-likeness (QED) is 0.229. The molecule has 1 atom stereocenters. The summed E-state index contributed by atoms with van der Waals surface area (Å²) in [5, 5.41) is 14.2. The monoisotopic (exact) mass is 173 g/mol. The van der Waals surface area contributed by atoms with Crippen molar-refractivity contribution in [2.45, 2.75) is 6.42 Å². The second-order valence-electron chi connectivity index (χ2n) is 2.95. The minimum absolute atomic E-state index is 0.217. The van der Waals surface area contributed by atoms with Gasteiger partial charge in [0, 0.05) is 13.2 Å². The van der Waals surface area contributed by atoms with Gasteiger partial charge in [-0.1, -0.05) is 5.16 Å². The van der Waals surface area contributed by atoms with E-state index >= 15 is 0 Å². The predicted octanol–water partition coefficient (Wildman–Crippen LogP) is -0.641. The zero-order valence-electron chi connectivity index (χ0n) is 6.99. The van der Waals surface area contributed by atoms with Crippen LogP contribution in [0.1, 0.15) is 6.42 Å². The van der Waals surface area contributed by atoms with Gasteiger partial charge in [0.05, 0.1) is 13.2 Å². The number of hydrogen-bond donors (Lipinski definition) is 3. The van der Waals surface area contributed by atoms with E-state index in [1.807, 2.05) is 0 Å². The van der Waals surface area contributed by atoms with E-state index in [2.05, 4.69) is 10.5 Å². The molecule has 0 spiro atoms. The average molecular weight is 173 g/mol. The van der Waals surface area contributed by atoms with Gasteiger partial charge in [-0.05, 0) is 12.3 Å². The van der Waals surface area contributed by atoms with E-state index in [0.29, 0.717) is 12.5 Å². The highest BCUT2D eigenvalue weighted by molar-refractivity contribution is 5.81. The smallest absolute Gasteiger partial charge is 0.153 e. The molecule has 4 N–H and O–H groups in total. The van der Waals surface area contributed by atoms with Crippen molar-refractivity contribution < 1.29 is 9.94 Å². The van der Waals surface area contributed by atoms with Crippen LogP contribution in [0.15, 0.2) is 5.16 Å². The summed E-state index contributed by atoms with van der Waals surface area (Å²) in [5.74, 6) is 0.797. The lowest BCUT2D eigenvalue weighted by Crippen LogP contribution is -2.32. The number of nitrogens with two attached hydrogens (primary N) is 1. The van der Waals surface area contributed by atoms with Crippen molar-refractivity contribution in [1.29, 1.82) is 0 Å². The molecule has 0 amide bonds. The number of nitrogens with one attached hydrogen (secondary N) is 1. The lowest BCUT2D eigenvalue weighted by molar-refractivity contribution is 0.185. The van der Waals surface area contributed by atoms with Crippen molar-refractivity contribution in [3.8, 4) is 0 Å². The van der Waals surface area contributed by atoms with Crippen molar-refractivity contribution in [2.75, 3.05) is 26.3 Å². The van der Waals surface area contributed by atoms with Gasteiger partial charge in [-0.15, -0.1) is 0 Å². The van der Waals surface area contributed by atoms with Crippen molar-refractivity contribution in [3.63, 3.8) is 0 Å². The highest BCUT2D eigenvalue weighted by atomic mass is 16.5. The first-order chi connectivity index (χ1) is 5.83.